The first-order valence-corrected chi connectivity index (χ1v) is 12.8. The largest absolute Gasteiger partial charge is 0.484 e. The van der Waals surface area contributed by atoms with Crippen LogP contribution in [-0.2, 0) is 19.6 Å². The van der Waals surface area contributed by atoms with Crippen LogP contribution >= 0.6 is 11.3 Å². The van der Waals surface area contributed by atoms with E-state index < -0.39 is 10.0 Å². The molecular weight excluding hydrogens is 450 g/mol. The number of anilines is 1. The molecule has 2 aromatic rings. The molecule has 32 heavy (non-hydrogen) atoms. The molecule has 1 aliphatic heterocycles. The first kappa shape index (κ1) is 24.1. The molecule has 0 spiro atoms. The summed E-state index contributed by atoms with van der Waals surface area (Å²) in [4.78, 5) is 26.3. The highest BCUT2D eigenvalue weighted by Gasteiger charge is 2.28. The molecule has 3 rings (SSSR count). The van der Waals surface area contributed by atoms with Crippen LogP contribution < -0.4 is 14.4 Å². The fourth-order valence-electron chi connectivity index (χ4n) is 3.47. The first-order valence-electron chi connectivity index (χ1n) is 10.5. The molecule has 1 aliphatic rings. The third-order valence-corrected chi connectivity index (χ3v) is 8.48. The average Bonchev–Trinajstić information content (AvgIpc) is 3.33. The molecule has 2 heterocycles. The highest BCUT2D eigenvalue weighted by atomic mass is 32.2. The fourth-order valence-corrected chi connectivity index (χ4v) is 5.82. The second-order valence-corrected chi connectivity index (χ2v) is 11.1. The Bertz CT molecular complexity index is 1010. The van der Waals surface area contributed by atoms with Crippen LogP contribution in [0.4, 0.5) is 5.69 Å². The second kappa shape index (κ2) is 10.4. The van der Waals surface area contributed by atoms with Gasteiger partial charge in [-0.1, -0.05) is 6.07 Å². The Labute approximate surface area is 193 Å². The quantitative estimate of drug-likeness (QED) is 0.628. The van der Waals surface area contributed by atoms with Gasteiger partial charge >= 0.3 is 0 Å². The number of ether oxygens (including phenoxy) is 1. The third-order valence-electron chi connectivity index (χ3n) is 5.32. The van der Waals surface area contributed by atoms with Gasteiger partial charge in [0, 0.05) is 32.1 Å². The molecule has 1 fully saturated rings. The van der Waals surface area contributed by atoms with Crippen molar-refractivity contribution >= 4 is 38.9 Å². The number of carbonyl (C=O) groups excluding carboxylic acids is 2. The highest BCUT2D eigenvalue weighted by molar-refractivity contribution is 7.94. The molecule has 1 saturated heterocycles. The topological polar surface area (TPSA) is 96.0 Å². The van der Waals surface area contributed by atoms with Gasteiger partial charge in [0.05, 0.1) is 5.69 Å². The van der Waals surface area contributed by atoms with E-state index in [0.717, 1.165) is 0 Å². The summed E-state index contributed by atoms with van der Waals surface area (Å²) in [6.07, 6.45) is 1.29. The van der Waals surface area contributed by atoms with Gasteiger partial charge in [-0.2, -0.15) is 0 Å². The zero-order chi connectivity index (χ0) is 23.3. The van der Waals surface area contributed by atoms with Crippen molar-refractivity contribution in [3.63, 3.8) is 0 Å². The summed E-state index contributed by atoms with van der Waals surface area (Å²) in [7, 11) is -2.10. The number of hydrogen-bond donors (Lipinski definition) is 1. The lowest BCUT2D eigenvalue weighted by atomic mass is 9.95. The van der Waals surface area contributed by atoms with Crippen molar-refractivity contribution in [1.82, 2.24) is 10.2 Å². The third kappa shape index (κ3) is 5.80. The zero-order valence-corrected chi connectivity index (χ0v) is 20.1. The number of benzene rings is 1. The van der Waals surface area contributed by atoms with Crippen LogP contribution in [0.25, 0.3) is 0 Å². The molecule has 0 aliphatic carbocycles. The van der Waals surface area contributed by atoms with Crippen LogP contribution in [-0.4, -0.2) is 57.9 Å². The SMILES string of the molecule is CC(C)NC(=O)C1CCN(C(=O)COc2ccc(N(C)S(=O)(=O)c3cccs3)cc2)CC1. The molecule has 0 unspecified atom stereocenters. The molecule has 10 heteroatoms. The number of piperidine rings is 1. The van der Waals surface area contributed by atoms with Gasteiger partial charge in [-0.3, -0.25) is 13.9 Å². The van der Waals surface area contributed by atoms with Crippen LogP contribution in [0.5, 0.6) is 5.75 Å². The lowest BCUT2D eigenvalue weighted by Gasteiger charge is -2.31. The van der Waals surface area contributed by atoms with Crippen LogP contribution in [0.2, 0.25) is 0 Å². The van der Waals surface area contributed by atoms with E-state index in [1.54, 1.807) is 46.7 Å². The molecule has 1 aromatic carbocycles. The Kier molecular flexibility index (Phi) is 7.78. The summed E-state index contributed by atoms with van der Waals surface area (Å²) in [6, 6.07) is 9.95. The number of rotatable bonds is 8. The minimum Gasteiger partial charge on any atom is -0.484 e. The van der Waals surface area contributed by atoms with E-state index in [-0.39, 0.29) is 34.6 Å². The summed E-state index contributed by atoms with van der Waals surface area (Å²) in [5.41, 5.74) is 0.499. The van der Waals surface area contributed by atoms with E-state index in [4.69, 9.17) is 4.74 Å². The number of carbonyl (C=O) groups is 2. The van der Waals surface area contributed by atoms with E-state index in [0.29, 0.717) is 37.4 Å². The molecule has 1 aromatic heterocycles. The van der Waals surface area contributed by atoms with E-state index in [1.807, 2.05) is 13.8 Å². The Balaban J connectivity index is 1.49. The molecule has 2 amide bonds. The molecular formula is C22H29N3O5S2. The molecule has 0 atom stereocenters. The van der Waals surface area contributed by atoms with Crippen LogP contribution in [0.3, 0.4) is 0 Å². The Morgan fingerprint density at radius 3 is 2.41 bits per heavy atom. The Hall–Kier alpha value is -2.59. The van der Waals surface area contributed by atoms with Gasteiger partial charge in [-0.15, -0.1) is 11.3 Å². The fraction of sp³-hybridized carbons (Fsp3) is 0.455. The molecule has 0 radical (unpaired) electrons. The number of amides is 2. The van der Waals surface area contributed by atoms with Crippen LogP contribution in [0, 0.1) is 5.92 Å². The van der Waals surface area contributed by atoms with E-state index in [9.17, 15) is 18.0 Å². The number of nitrogens with one attached hydrogen (secondary N) is 1. The number of nitrogens with zero attached hydrogens (tertiary/aromatic N) is 2. The van der Waals surface area contributed by atoms with Crippen molar-refractivity contribution in [1.29, 1.82) is 0 Å². The summed E-state index contributed by atoms with van der Waals surface area (Å²) < 4.78 is 32.3. The number of thiophene rings is 1. The van der Waals surface area contributed by atoms with Gasteiger partial charge in [-0.25, -0.2) is 8.42 Å². The van der Waals surface area contributed by atoms with Crippen molar-refractivity contribution in [2.45, 2.75) is 36.9 Å². The monoisotopic (exact) mass is 479 g/mol. The molecule has 0 bridgehead atoms. The summed E-state index contributed by atoms with van der Waals surface area (Å²) in [5.74, 6) is 0.344. The molecule has 0 saturated carbocycles. The molecule has 1 N–H and O–H groups in total. The zero-order valence-electron chi connectivity index (χ0n) is 18.5. The number of sulfonamides is 1. The maximum absolute atomic E-state index is 12.6. The van der Waals surface area contributed by atoms with Gasteiger partial charge in [0.15, 0.2) is 6.61 Å². The predicted octanol–water partition coefficient (Wildman–Crippen LogP) is 2.72. The predicted molar refractivity (Wildman–Crippen MR) is 124 cm³/mol. The summed E-state index contributed by atoms with van der Waals surface area (Å²) >= 11 is 1.17. The standard InChI is InChI=1S/C22H29N3O5S2/c1-16(2)23-22(27)17-10-12-25(13-11-17)20(26)15-30-19-8-6-18(7-9-19)24(3)32(28,29)21-5-4-14-31-21/h4-9,14,16-17H,10-13,15H2,1-3H3,(H,23,27). The maximum atomic E-state index is 12.6. The van der Waals surface area contributed by atoms with Crippen molar-refractivity contribution in [3.8, 4) is 5.75 Å². The van der Waals surface area contributed by atoms with Crippen molar-refractivity contribution in [3.05, 3.63) is 41.8 Å². The van der Waals surface area contributed by atoms with Crippen molar-refractivity contribution in [2.75, 3.05) is 31.0 Å². The molecule has 8 nitrogen and oxygen atoms in total. The normalized spacial score (nSPS) is 14.9. The van der Waals surface area contributed by atoms with Gasteiger partial charge in [0.25, 0.3) is 15.9 Å². The summed E-state index contributed by atoms with van der Waals surface area (Å²) in [6.45, 7) is 4.82. The van der Waals surface area contributed by atoms with Gasteiger partial charge < -0.3 is 15.0 Å². The summed E-state index contributed by atoms with van der Waals surface area (Å²) in [5, 5.41) is 4.64. The number of hydrogen-bond acceptors (Lipinski definition) is 6. The van der Waals surface area contributed by atoms with E-state index >= 15 is 0 Å². The Morgan fingerprint density at radius 2 is 1.84 bits per heavy atom. The van der Waals surface area contributed by atoms with Crippen LogP contribution in [0.1, 0.15) is 26.7 Å². The van der Waals surface area contributed by atoms with Crippen molar-refractivity contribution < 1.29 is 22.7 Å². The second-order valence-electron chi connectivity index (χ2n) is 8.01. The average molecular weight is 480 g/mol. The minimum atomic E-state index is -3.60. The van der Waals surface area contributed by atoms with Crippen LogP contribution in [0.15, 0.2) is 46.0 Å². The number of likely N-dealkylation sites (tertiary alicyclic amines) is 1. The Morgan fingerprint density at radius 1 is 1.19 bits per heavy atom. The molecule has 174 valence electrons. The van der Waals surface area contributed by atoms with Crippen molar-refractivity contribution in [2.24, 2.45) is 5.92 Å². The highest BCUT2D eigenvalue weighted by Crippen LogP contribution is 2.26. The smallest absolute Gasteiger partial charge is 0.273 e. The lowest BCUT2D eigenvalue weighted by Crippen LogP contribution is -2.45. The lowest BCUT2D eigenvalue weighted by molar-refractivity contribution is -0.137. The van der Waals surface area contributed by atoms with Gasteiger partial charge in [0.2, 0.25) is 5.91 Å². The van der Waals surface area contributed by atoms with E-state index in [1.165, 1.54) is 22.7 Å². The minimum absolute atomic E-state index is 0.0505. The van der Waals surface area contributed by atoms with Gasteiger partial charge in [0.1, 0.15) is 9.96 Å². The maximum Gasteiger partial charge on any atom is 0.273 e. The van der Waals surface area contributed by atoms with Gasteiger partial charge in [-0.05, 0) is 62.4 Å². The van der Waals surface area contributed by atoms with E-state index in [2.05, 4.69) is 5.32 Å². The first-order chi connectivity index (χ1) is 15.2.